The smallest absolute Gasteiger partial charge is 0.235 e. The Kier molecular flexibility index (Phi) is 19.0. The summed E-state index contributed by atoms with van der Waals surface area (Å²) >= 11 is 3.75. The number of hydrogen-bond acceptors (Lipinski definition) is 8. The second kappa shape index (κ2) is 33.3. The number of aromatic nitrogens is 10. The third-order valence-electron chi connectivity index (χ3n) is 32.6. The number of thiophene rings is 2. The Morgan fingerprint density at radius 2 is 0.568 bits per heavy atom. The number of para-hydroxylation sites is 7. The Morgan fingerprint density at radius 1 is 0.196 bits per heavy atom. The van der Waals surface area contributed by atoms with E-state index in [0.717, 1.165) is 111 Å². The van der Waals surface area contributed by atoms with Crippen molar-refractivity contribution in [1.29, 1.82) is 0 Å². The largest absolute Gasteiger partial charge is 0.309 e. The van der Waals surface area contributed by atoms with Crippen LogP contribution in [0.25, 0.3) is 262 Å². The molecule has 10 nitrogen and oxygen atoms in total. The highest BCUT2D eigenvalue weighted by molar-refractivity contribution is 7.27. The van der Waals surface area contributed by atoms with Gasteiger partial charge in [-0.2, -0.15) is 0 Å². The van der Waals surface area contributed by atoms with Gasteiger partial charge in [-0.3, -0.25) is 9.13 Å². The third kappa shape index (κ3) is 12.9. The van der Waals surface area contributed by atoms with E-state index in [1.54, 1.807) is 0 Å². The lowest BCUT2D eigenvalue weighted by Crippen LogP contribution is -2.20. The molecule has 4 aliphatic rings. The molecule has 0 aliphatic heterocycles. The maximum absolute atomic E-state index is 5.58. The second-order valence-electron chi connectivity index (χ2n) is 40.4. The van der Waals surface area contributed by atoms with E-state index in [9.17, 15) is 0 Å². The van der Waals surface area contributed by atoms with Crippen LogP contribution in [0.15, 0.2) is 449 Å². The molecule has 0 atom stereocenters. The van der Waals surface area contributed by atoms with Crippen LogP contribution in [0.4, 0.5) is 0 Å². The fourth-order valence-electron chi connectivity index (χ4n) is 26.1. The first kappa shape index (κ1) is 84.6. The van der Waals surface area contributed by atoms with Gasteiger partial charge in [0.2, 0.25) is 11.9 Å². The van der Waals surface area contributed by atoms with E-state index in [1.165, 1.54) is 213 Å². The number of nitrogens with zero attached hydrogens (tertiary/aromatic N) is 10. The molecule has 4 aliphatic carbocycles. The molecule has 2 saturated carbocycles. The van der Waals surface area contributed by atoms with Crippen LogP contribution >= 0.6 is 22.7 Å². The Morgan fingerprint density at radius 3 is 1.13 bits per heavy atom. The van der Waals surface area contributed by atoms with Gasteiger partial charge in [-0.15, -0.1) is 22.7 Å². The third-order valence-corrected chi connectivity index (χ3v) is 35.1. The summed E-state index contributed by atoms with van der Waals surface area (Å²) in [5.41, 5.74) is 35.9. The summed E-state index contributed by atoms with van der Waals surface area (Å²) in [5.74, 6) is 2.11. The molecular formula is C136H90N10S2. The van der Waals surface area contributed by atoms with Crippen LogP contribution in [0, 0.1) is 0 Å². The summed E-state index contributed by atoms with van der Waals surface area (Å²) in [5, 5.41) is 18.3. The lowest BCUT2D eigenvalue weighted by molar-refractivity contribution is 0.550. The quantitative estimate of drug-likeness (QED) is 0.143. The summed E-state index contributed by atoms with van der Waals surface area (Å²) < 4.78 is 14.6. The van der Waals surface area contributed by atoms with Gasteiger partial charge in [0, 0.05) is 144 Å². The highest BCUT2D eigenvalue weighted by atomic mass is 32.1. The number of rotatable bonds is 9. The van der Waals surface area contributed by atoms with Crippen molar-refractivity contribution < 1.29 is 0 Å². The molecule has 2 spiro atoms. The monoisotopic (exact) mass is 1930 g/mol. The van der Waals surface area contributed by atoms with Crippen LogP contribution in [-0.4, -0.2) is 48.2 Å². The molecule has 148 heavy (non-hydrogen) atoms. The van der Waals surface area contributed by atoms with Crippen LogP contribution in [0.1, 0.15) is 73.6 Å². The van der Waals surface area contributed by atoms with E-state index >= 15 is 0 Å². The minimum Gasteiger partial charge on any atom is -0.309 e. The van der Waals surface area contributed by atoms with Gasteiger partial charge in [0.25, 0.3) is 0 Å². The van der Waals surface area contributed by atoms with Gasteiger partial charge >= 0.3 is 0 Å². The van der Waals surface area contributed by atoms with Crippen molar-refractivity contribution >= 4 is 183 Å². The van der Waals surface area contributed by atoms with Gasteiger partial charge in [-0.05, 0) is 221 Å². The summed E-state index contributed by atoms with van der Waals surface area (Å²) in [6, 6.07) is 162. The first-order chi connectivity index (χ1) is 73.3. The van der Waals surface area contributed by atoms with E-state index in [2.05, 4.69) is 455 Å². The van der Waals surface area contributed by atoms with E-state index in [-0.39, 0.29) is 10.8 Å². The zero-order chi connectivity index (χ0) is 97.0. The number of hydrogen-bond donors (Lipinski definition) is 0. The number of benzene rings is 20. The van der Waals surface area contributed by atoms with Crippen molar-refractivity contribution in [2.45, 2.75) is 62.2 Å². The van der Waals surface area contributed by atoms with Crippen molar-refractivity contribution in [1.82, 2.24) is 48.2 Å². The normalized spacial score (nSPS) is 13.8. The Hall–Kier alpha value is -17.9. The Bertz CT molecular complexity index is 10600. The highest BCUT2D eigenvalue weighted by Crippen LogP contribution is 2.61. The van der Waals surface area contributed by atoms with Crippen LogP contribution < -0.4 is 0 Å². The fourth-order valence-corrected chi connectivity index (χ4v) is 28.6. The van der Waals surface area contributed by atoms with E-state index < -0.39 is 0 Å². The lowest BCUT2D eigenvalue weighted by Gasteiger charge is -2.26. The predicted molar refractivity (Wildman–Crippen MR) is 618 cm³/mol. The Balaban J connectivity index is 0.000000103. The molecule has 0 unspecified atom stereocenters. The number of fused-ring (bicyclic) bond motifs is 32. The standard InChI is InChI=1S/C56H32N4S2.C43H31N3.C37H27N3/c1-2-13-35(14-3-1)59-46-22-9-5-15-37(46)43-32-34(26-29-47(43)59)53-42-18-4-8-21-45(42)57-56(58-53)60-48-28-25-33(36-19-12-20-40-38-16-6-10-23-50(38)61-54(36)40)31-44(48)52-49(60)30-27-41-39-17-7-11-24-51(39)62-55(41)52;1-2-12-28(13-3-1)41-33-16-5-8-18-38(33)44-42(45-41)29-20-22-30(23-21-29)46-39-19-9-6-15-32(39)35-26-37-34(27-40(35)46)31-14-4-7-17-36(31)43(37)24-10-11-25-43;1-2-12-24(13-3-1)35-27-16-5-8-18-32(27)38-36(39-35)40-33-19-9-6-15-26(33)29-22-31-28(23-34(29)40)25-14-4-7-17-30(25)37(31)20-10-11-21-37/h1-32H;1-9,12-23,26-27H,10-11,24-25H2;1-9,12-19,22-23H,10-11,20-21H2. The molecule has 9 aromatic heterocycles. The lowest BCUT2D eigenvalue weighted by atomic mass is 9.76. The van der Waals surface area contributed by atoms with E-state index in [1.807, 2.05) is 34.8 Å². The molecule has 696 valence electrons. The first-order valence-electron chi connectivity index (χ1n) is 51.6. The molecule has 0 saturated heterocycles. The van der Waals surface area contributed by atoms with Crippen molar-refractivity contribution in [3.05, 3.63) is 471 Å². The molecule has 2 fully saturated rings. The second-order valence-corrected chi connectivity index (χ2v) is 42.5. The molecule has 29 aromatic rings. The molecule has 0 N–H and O–H groups in total. The molecule has 0 bridgehead atoms. The highest BCUT2D eigenvalue weighted by Gasteiger charge is 2.47. The van der Waals surface area contributed by atoms with Gasteiger partial charge in [-0.25, -0.2) is 29.9 Å². The first-order valence-corrected chi connectivity index (χ1v) is 53.2. The van der Waals surface area contributed by atoms with Crippen LogP contribution in [-0.2, 0) is 10.8 Å². The van der Waals surface area contributed by atoms with Crippen molar-refractivity contribution in [3.63, 3.8) is 0 Å². The molecule has 0 amide bonds. The molecule has 20 aromatic carbocycles. The van der Waals surface area contributed by atoms with E-state index in [0.29, 0.717) is 11.9 Å². The van der Waals surface area contributed by atoms with Crippen molar-refractivity contribution in [2.75, 3.05) is 0 Å². The van der Waals surface area contributed by atoms with Gasteiger partial charge < -0.3 is 9.13 Å². The van der Waals surface area contributed by atoms with Crippen molar-refractivity contribution in [3.8, 4) is 102 Å². The summed E-state index contributed by atoms with van der Waals surface area (Å²) in [6.45, 7) is 0. The average Bonchev–Trinajstić information content (AvgIpc) is 1.52. The molecule has 9 heterocycles. The maximum Gasteiger partial charge on any atom is 0.235 e. The summed E-state index contributed by atoms with van der Waals surface area (Å²) in [6.07, 6.45) is 10.1. The minimum absolute atomic E-state index is 0.142. The predicted octanol–water partition coefficient (Wildman–Crippen LogP) is 36.0. The zero-order valence-electron chi connectivity index (χ0n) is 80.7. The topological polar surface area (TPSA) is 97.1 Å². The van der Waals surface area contributed by atoms with Crippen LogP contribution in [0.3, 0.4) is 0 Å². The average molecular weight is 1930 g/mol. The van der Waals surface area contributed by atoms with Crippen molar-refractivity contribution in [2.24, 2.45) is 0 Å². The van der Waals surface area contributed by atoms with Gasteiger partial charge in [0.1, 0.15) is 0 Å². The molecule has 12 heteroatoms. The summed E-state index contributed by atoms with van der Waals surface area (Å²) in [4.78, 5) is 31.5. The van der Waals surface area contributed by atoms with Gasteiger partial charge in [0.15, 0.2) is 5.82 Å². The molecular weight excluding hydrogens is 1840 g/mol. The SMILES string of the molecule is c1ccc(-c2nc(-c3ccc(-n4c5ccccc5c5cc6c(cc54)-c4ccccc4C64CCCC4)cc3)nc3ccccc23)cc1.c1ccc(-c2nc(-n3c4ccccc4c4cc5c(cc43)-c3ccccc3C53CCCC3)nc3ccccc23)cc1.c1ccc(-n2c3ccccc3c3cc(-c4nc(-n5c6ccc(-c7cccc8c7sc7ccccc78)cc6c6c7sc8ccccc8c7ccc65)nc5ccccc45)ccc32)cc1. The molecule has 33 rings (SSSR count). The van der Waals surface area contributed by atoms with Gasteiger partial charge in [0.05, 0.1) is 77.8 Å². The maximum atomic E-state index is 5.58. The Labute approximate surface area is 859 Å². The fraction of sp³-hybridized carbons (Fsp3) is 0.0735. The van der Waals surface area contributed by atoms with Crippen LogP contribution in [0.5, 0.6) is 0 Å². The van der Waals surface area contributed by atoms with Gasteiger partial charge in [-0.1, -0.05) is 335 Å². The minimum atomic E-state index is 0.142. The summed E-state index contributed by atoms with van der Waals surface area (Å²) in [7, 11) is 0. The molecule has 0 radical (unpaired) electrons. The van der Waals surface area contributed by atoms with E-state index in [4.69, 9.17) is 29.9 Å². The zero-order valence-corrected chi connectivity index (χ0v) is 82.3. The van der Waals surface area contributed by atoms with Crippen LogP contribution in [0.2, 0.25) is 0 Å².